The van der Waals surface area contributed by atoms with E-state index in [0.29, 0.717) is 6.04 Å². The van der Waals surface area contributed by atoms with E-state index >= 15 is 0 Å². The van der Waals surface area contributed by atoms with Crippen LogP contribution in [0.1, 0.15) is 46.0 Å². The molecule has 1 rings (SSSR count). The molecule has 1 amide bonds. The van der Waals surface area contributed by atoms with Crippen LogP contribution >= 0.6 is 0 Å². The molecule has 0 aromatic rings. The van der Waals surface area contributed by atoms with Crippen LogP contribution in [-0.2, 0) is 9.53 Å². The van der Waals surface area contributed by atoms with Crippen molar-refractivity contribution in [1.29, 1.82) is 0 Å². The average molecular weight is 213 g/mol. The molecule has 1 heterocycles. The molecular weight excluding hydrogens is 190 g/mol. The number of methoxy groups -OCH3 is 1. The Morgan fingerprint density at radius 3 is 2.87 bits per heavy atom. The Bertz CT molecular complexity index is 204. The van der Waals surface area contributed by atoms with E-state index < -0.39 is 0 Å². The largest absolute Gasteiger partial charge is 0.372 e. The fraction of sp³-hybridized carbons (Fsp3) is 0.917. The molecule has 0 aromatic heterocycles. The van der Waals surface area contributed by atoms with Crippen molar-refractivity contribution < 1.29 is 9.53 Å². The van der Waals surface area contributed by atoms with E-state index in [-0.39, 0.29) is 12.0 Å². The monoisotopic (exact) mass is 213 g/mol. The molecule has 3 nitrogen and oxygen atoms in total. The summed E-state index contributed by atoms with van der Waals surface area (Å²) in [6.07, 6.45) is 5.55. The SMILES string of the molecule is CCCC1CCCCN1C(=O)C(C)OC. The van der Waals surface area contributed by atoms with Gasteiger partial charge in [-0.1, -0.05) is 13.3 Å². The van der Waals surface area contributed by atoms with Gasteiger partial charge in [-0.3, -0.25) is 4.79 Å². The zero-order chi connectivity index (χ0) is 11.3. The van der Waals surface area contributed by atoms with Gasteiger partial charge in [0.1, 0.15) is 6.10 Å². The fourth-order valence-electron chi connectivity index (χ4n) is 2.26. The molecule has 1 aliphatic rings. The van der Waals surface area contributed by atoms with Crippen LogP contribution in [0.25, 0.3) is 0 Å². The van der Waals surface area contributed by atoms with Crippen LogP contribution in [0.4, 0.5) is 0 Å². The Hall–Kier alpha value is -0.570. The van der Waals surface area contributed by atoms with Crippen molar-refractivity contribution in [3.05, 3.63) is 0 Å². The maximum absolute atomic E-state index is 12.0. The summed E-state index contributed by atoms with van der Waals surface area (Å²) < 4.78 is 5.10. The van der Waals surface area contributed by atoms with E-state index in [4.69, 9.17) is 4.74 Å². The molecule has 0 radical (unpaired) electrons. The van der Waals surface area contributed by atoms with Crippen LogP contribution in [0.3, 0.4) is 0 Å². The van der Waals surface area contributed by atoms with Crippen LogP contribution in [0.2, 0.25) is 0 Å². The first-order valence-corrected chi connectivity index (χ1v) is 6.04. The number of hydrogen-bond donors (Lipinski definition) is 0. The van der Waals surface area contributed by atoms with E-state index in [0.717, 1.165) is 32.2 Å². The van der Waals surface area contributed by atoms with Gasteiger partial charge in [-0.25, -0.2) is 0 Å². The molecule has 0 aliphatic carbocycles. The second kappa shape index (κ2) is 6.11. The summed E-state index contributed by atoms with van der Waals surface area (Å²) in [5, 5.41) is 0. The lowest BCUT2D eigenvalue weighted by molar-refractivity contribution is -0.144. The minimum absolute atomic E-state index is 0.163. The highest BCUT2D eigenvalue weighted by Crippen LogP contribution is 2.21. The molecule has 0 N–H and O–H groups in total. The molecule has 15 heavy (non-hydrogen) atoms. The molecule has 2 atom stereocenters. The number of piperidine rings is 1. The highest BCUT2D eigenvalue weighted by molar-refractivity contribution is 5.80. The summed E-state index contributed by atoms with van der Waals surface area (Å²) in [5.74, 6) is 0.163. The van der Waals surface area contributed by atoms with Crippen LogP contribution < -0.4 is 0 Å². The van der Waals surface area contributed by atoms with Gasteiger partial charge in [0.2, 0.25) is 0 Å². The topological polar surface area (TPSA) is 29.5 Å². The lowest BCUT2D eigenvalue weighted by Gasteiger charge is -2.37. The first-order valence-electron chi connectivity index (χ1n) is 6.04. The number of rotatable bonds is 4. The maximum atomic E-state index is 12.0. The maximum Gasteiger partial charge on any atom is 0.251 e. The van der Waals surface area contributed by atoms with Gasteiger partial charge in [0.15, 0.2) is 0 Å². The van der Waals surface area contributed by atoms with Gasteiger partial charge in [0.25, 0.3) is 5.91 Å². The first kappa shape index (κ1) is 12.5. The Labute approximate surface area is 92.8 Å². The number of carbonyl (C=O) groups is 1. The number of amides is 1. The van der Waals surface area contributed by atoms with Gasteiger partial charge in [-0.15, -0.1) is 0 Å². The minimum Gasteiger partial charge on any atom is -0.372 e. The zero-order valence-electron chi connectivity index (χ0n) is 10.2. The summed E-state index contributed by atoms with van der Waals surface area (Å²) in [6.45, 7) is 4.92. The second-order valence-corrected chi connectivity index (χ2v) is 4.35. The average Bonchev–Trinajstić information content (AvgIpc) is 2.28. The minimum atomic E-state index is -0.289. The molecule has 88 valence electrons. The van der Waals surface area contributed by atoms with Crippen molar-refractivity contribution in [1.82, 2.24) is 4.90 Å². The molecule has 3 heteroatoms. The van der Waals surface area contributed by atoms with E-state index in [1.807, 2.05) is 11.8 Å². The Morgan fingerprint density at radius 2 is 2.27 bits per heavy atom. The highest BCUT2D eigenvalue weighted by atomic mass is 16.5. The molecule has 2 unspecified atom stereocenters. The Kier molecular flexibility index (Phi) is 5.09. The number of nitrogens with zero attached hydrogens (tertiary/aromatic N) is 1. The van der Waals surface area contributed by atoms with E-state index in [9.17, 15) is 4.79 Å². The molecule has 0 saturated carbocycles. The van der Waals surface area contributed by atoms with E-state index in [2.05, 4.69) is 6.92 Å². The molecule has 0 aromatic carbocycles. The third kappa shape index (κ3) is 3.20. The predicted molar refractivity (Wildman–Crippen MR) is 60.7 cm³/mol. The summed E-state index contributed by atoms with van der Waals surface area (Å²) in [4.78, 5) is 14.0. The lowest BCUT2D eigenvalue weighted by atomic mass is 9.97. The highest BCUT2D eigenvalue weighted by Gasteiger charge is 2.28. The molecule has 1 aliphatic heterocycles. The Balaban J connectivity index is 2.58. The van der Waals surface area contributed by atoms with Crippen LogP contribution in [-0.4, -0.2) is 36.6 Å². The Morgan fingerprint density at radius 1 is 1.53 bits per heavy atom. The molecule has 1 fully saturated rings. The smallest absolute Gasteiger partial charge is 0.251 e. The second-order valence-electron chi connectivity index (χ2n) is 4.35. The first-order chi connectivity index (χ1) is 7.20. The van der Waals surface area contributed by atoms with Gasteiger partial charge in [-0.05, 0) is 32.6 Å². The third-order valence-corrected chi connectivity index (χ3v) is 3.23. The van der Waals surface area contributed by atoms with Crippen LogP contribution in [0.15, 0.2) is 0 Å². The molecule has 0 spiro atoms. The van der Waals surface area contributed by atoms with Gasteiger partial charge < -0.3 is 9.64 Å². The standard InChI is InChI=1S/C12H23NO2/c1-4-7-11-8-5-6-9-13(11)12(14)10(2)15-3/h10-11H,4-9H2,1-3H3. The summed E-state index contributed by atoms with van der Waals surface area (Å²) in [5.41, 5.74) is 0. The summed E-state index contributed by atoms with van der Waals surface area (Å²) >= 11 is 0. The van der Waals surface area contributed by atoms with Crippen molar-refractivity contribution in [3.63, 3.8) is 0 Å². The van der Waals surface area contributed by atoms with Gasteiger partial charge in [-0.2, -0.15) is 0 Å². The van der Waals surface area contributed by atoms with Crippen LogP contribution in [0, 0.1) is 0 Å². The molecule has 1 saturated heterocycles. The normalized spacial score (nSPS) is 23.9. The van der Waals surface area contributed by atoms with Crippen LogP contribution in [0.5, 0.6) is 0 Å². The third-order valence-electron chi connectivity index (χ3n) is 3.23. The van der Waals surface area contributed by atoms with Crippen molar-refractivity contribution in [3.8, 4) is 0 Å². The van der Waals surface area contributed by atoms with E-state index in [1.165, 1.54) is 6.42 Å². The summed E-state index contributed by atoms with van der Waals surface area (Å²) in [6, 6.07) is 0.453. The predicted octanol–water partition coefficient (Wildman–Crippen LogP) is 2.20. The summed E-state index contributed by atoms with van der Waals surface area (Å²) in [7, 11) is 1.60. The number of likely N-dealkylation sites (tertiary alicyclic amines) is 1. The van der Waals surface area contributed by atoms with Gasteiger partial charge >= 0.3 is 0 Å². The van der Waals surface area contributed by atoms with Gasteiger partial charge in [0, 0.05) is 19.7 Å². The van der Waals surface area contributed by atoms with E-state index in [1.54, 1.807) is 7.11 Å². The quantitative estimate of drug-likeness (QED) is 0.716. The fourth-order valence-corrected chi connectivity index (χ4v) is 2.26. The number of carbonyl (C=O) groups excluding carboxylic acids is 1. The van der Waals surface area contributed by atoms with Crippen molar-refractivity contribution >= 4 is 5.91 Å². The molecule has 0 bridgehead atoms. The van der Waals surface area contributed by atoms with Crippen molar-refractivity contribution in [2.24, 2.45) is 0 Å². The van der Waals surface area contributed by atoms with Crippen molar-refractivity contribution in [2.45, 2.75) is 58.1 Å². The van der Waals surface area contributed by atoms with Gasteiger partial charge in [0.05, 0.1) is 0 Å². The number of hydrogen-bond acceptors (Lipinski definition) is 2. The van der Waals surface area contributed by atoms with Crippen molar-refractivity contribution in [2.75, 3.05) is 13.7 Å². The number of ether oxygens (including phenoxy) is 1. The lowest BCUT2D eigenvalue weighted by Crippen LogP contribution is -2.47. The molecular formula is C12H23NO2. The zero-order valence-corrected chi connectivity index (χ0v) is 10.2.